The van der Waals surface area contributed by atoms with Gasteiger partial charge in [-0.3, -0.25) is 0 Å². The maximum absolute atomic E-state index is 14.9. The lowest BCUT2D eigenvalue weighted by atomic mass is 10.0. The van der Waals surface area contributed by atoms with E-state index in [0.29, 0.717) is 0 Å². The number of nitrogen functional groups attached to an aromatic ring is 1. The number of hydrogen-bond acceptors (Lipinski definition) is 6. The SMILES string of the molecule is N#CC(=C1C(=C(N)c2c(F)c(F)c(C#N)c(F)c2F)C1=C(N)c1c(F)c(F)c(C#N)c(F)c1F)c1c(F)c(F)c(N)c(F)c1F. The van der Waals surface area contributed by atoms with Crippen LogP contribution < -0.4 is 17.2 Å². The molecule has 0 heterocycles. The lowest BCUT2D eigenvalue weighted by Gasteiger charge is -2.09. The summed E-state index contributed by atoms with van der Waals surface area (Å²) in [5.74, 6) is -28.3. The molecule has 3 aromatic rings. The molecular formula is C27H6F12N6. The van der Waals surface area contributed by atoms with E-state index in [1.54, 1.807) is 0 Å². The molecule has 3 aromatic carbocycles. The number of hydrogen-bond donors (Lipinski definition) is 3. The van der Waals surface area contributed by atoms with E-state index < -0.39 is 137 Å². The Morgan fingerprint density at radius 1 is 0.422 bits per heavy atom. The summed E-state index contributed by atoms with van der Waals surface area (Å²) in [6.45, 7) is 0. The van der Waals surface area contributed by atoms with Crippen molar-refractivity contribution in [2.24, 2.45) is 11.5 Å². The highest BCUT2D eigenvalue weighted by molar-refractivity contribution is 6.08. The Morgan fingerprint density at radius 3 is 0.978 bits per heavy atom. The van der Waals surface area contributed by atoms with Gasteiger partial charge in [0.25, 0.3) is 0 Å². The highest BCUT2D eigenvalue weighted by atomic mass is 19.2. The monoisotopic (exact) mass is 642 g/mol. The van der Waals surface area contributed by atoms with Gasteiger partial charge in [-0.25, -0.2) is 52.7 Å². The maximum atomic E-state index is 14.9. The lowest BCUT2D eigenvalue weighted by molar-refractivity contribution is 0.446. The molecule has 1 fully saturated rings. The van der Waals surface area contributed by atoms with E-state index in [1.165, 1.54) is 0 Å². The Hall–Kier alpha value is -6.09. The van der Waals surface area contributed by atoms with Crippen LogP contribution in [-0.4, -0.2) is 0 Å². The Morgan fingerprint density at radius 2 is 0.711 bits per heavy atom. The minimum absolute atomic E-state index is 0.812. The number of allylic oxidation sites excluding steroid dienone is 4. The highest BCUT2D eigenvalue weighted by Crippen LogP contribution is 2.55. The second-order valence-electron chi connectivity index (χ2n) is 8.72. The second kappa shape index (κ2) is 10.9. The van der Waals surface area contributed by atoms with E-state index in [2.05, 4.69) is 0 Å². The smallest absolute Gasteiger partial charge is 0.185 e. The van der Waals surface area contributed by atoms with Crippen LogP contribution >= 0.6 is 0 Å². The van der Waals surface area contributed by atoms with Gasteiger partial charge in [0.05, 0.1) is 33.7 Å². The summed E-state index contributed by atoms with van der Waals surface area (Å²) < 4.78 is 175. The molecule has 4 rings (SSSR count). The first kappa shape index (κ1) is 31.8. The van der Waals surface area contributed by atoms with Gasteiger partial charge in [0, 0.05) is 16.7 Å². The van der Waals surface area contributed by atoms with E-state index in [0.717, 1.165) is 18.2 Å². The van der Waals surface area contributed by atoms with Crippen molar-refractivity contribution in [3.63, 3.8) is 0 Å². The first-order chi connectivity index (χ1) is 21.0. The molecule has 1 aliphatic carbocycles. The van der Waals surface area contributed by atoms with E-state index in [-0.39, 0.29) is 0 Å². The Kier molecular flexibility index (Phi) is 7.69. The molecule has 18 heteroatoms. The van der Waals surface area contributed by atoms with Gasteiger partial charge in [-0.05, 0) is 0 Å². The third-order valence-corrected chi connectivity index (χ3v) is 6.42. The molecular weight excluding hydrogens is 636 g/mol. The third kappa shape index (κ3) is 4.36. The fourth-order valence-electron chi connectivity index (χ4n) is 4.26. The second-order valence-corrected chi connectivity index (χ2v) is 8.72. The highest BCUT2D eigenvalue weighted by Gasteiger charge is 2.45. The molecule has 6 nitrogen and oxygen atoms in total. The molecule has 1 aliphatic rings. The number of nitrogens with zero attached hydrogens (tertiary/aromatic N) is 3. The van der Waals surface area contributed by atoms with Gasteiger partial charge >= 0.3 is 0 Å². The van der Waals surface area contributed by atoms with Crippen LogP contribution in [0.15, 0.2) is 16.7 Å². The maximum Gasteiger partial charge on any atom is 0.185 e. The number of benzene rings is 3. The van der Waals surface area contributed by atoms with Crippen molar-refractivity contribution in [3.05, 3.63) is 114 Å². The van der Waals surface area contributed by atoms with Gasteiger partial charge in [-0.1, -0.05) is 0 Å². The molecule has 0 unspecified atom stereocenters. The number of rotatable bonds is 3. The van der Waals surface area contributed by atoms with Gasteiger partial charge < -0.3 is 17.2 Å². The van der Waals surface area contributed by atoms with Gasteiger partial charge in [0.1, 0.15) is 35.0 Å². The zero-order valence-corrected chi connectivity index (χ0v) is 21.1. The van der Waals surface area contributed by atoms with E-state index in [9.17, 15) is 57.9 Å². The van der Waals surface area contributed by atoms with Gasteiger partial charge in [0.15, 0.2) is 69.8 Å². The number of nitrogens with two attached hydrogens (primary N) is 3. The zero-order chi connectivity index (χ0) is 34.0. The molecule has 0 spiro atoms. The van der Waals surface area contributed by atoms with Crippen molar-refractivity contribution in [2.45, 2.75) is 0 Å². The van der Waals surface area contributed by atoms with Crippen LogP contribution in [0, 0.1) is 104 Å². The Balaban J connectivity index is 2.27. The first-order valence-electron chi connectivity index (χ1n) is 11.3. The number of halogens is 12. The summed E-state index contributed by atoms with van der Waals surface area (Å²) >= 11 is 0. The van der Waals surface area contributed by atoms with Crippen LogP contribution in [0.5, 0.6) is 0 Å². The Labute approximate surface area is 241 Å². The molecule has 228 valence electrons. The van der Waals surface area contributed by atoms with Crippen LogP contribution in [0.4, 0.5) is 58.4 Å². The van der Waals surface area contributed by atoms with Crippen LogP contribution in [0.3, 0.4) is 0 Å². The van der Waals surface area contributed by atoms with Crippen LogP contribution in [0.1, 0.15) is 27.8 Å². The molecule has 0 amide bonds. The molecule has 0 bridgehead atoms. The minimum atomic E-state index is -2.40. The van der Waals surface area contributed by atoms with E-state index >= 15 is 0 Å². The van der Waals surface area contributed by atoms with Gasteiger partial charge in [-0.15, -0.1) is 0 Å². The largest absolute Gasteiger partial charge is 0.398 e. The van der Waals surface area contributed by atoms with E-state index in [4.69, 9.17) is 27.7 Å². The first-order valence-corrected chi connectivity index (χ1v) is 11.3. The van der Waals surface area contributed by atoms with Gasteiger partial charge in [0.2, 0.25) is 0 Å². The van der Waals surface area contributed by atoms with Crippen LogP contribution in [0.25, 0.3) is 17.0 Å². The van der Waals surface area contributed by atoms with Crippen molar-refractivity contribution < 1.29 is 52.7 Å². The van der Waals surface area contributed by atoms with Crippen molar-refractivity contribution >= 4 is 22.7 Å². The predicted molar refractivity (Wildman–Crippen MR) is 127 cm³/mol. The standard InChI is InChI=1S/C27H6F12N6/c28-13-5(2-41)14(29)20(35)11(19(13)34)25(43)9-7(4(1-40)8-17(32)23(38)27(45)24(39)18(8)33)10(9)26(44)12-21(36)15(30)6(3-42)16(31)22(12)37/h43-45H2. The summed E-state index contributed by atoms with van der Waals surface area (Å²) in [4.78, 5) is 0. The van der Waals surface area contributed by atoms with Crippen LogP contribution in [-0.2, 0) is 0 Å². The summed E-state index contributed by atoms with van der Waals surface area (Å²) in [5, 5.41) is 27.3. The average Bonchev–Trinajstić information content (AvgIpc) is 3.75. The minimum Gasteiger partial charge on any atom is -0.398 e. The normalized spacial score (nSPS) is 14.5. The summed E-state index contributed by atoms with van der Waals surface area (Å²) in [7, 11) is 0. The molecule has 0 atom stereocenters. The third-order valence-electron chi connectivity index (χ3n) is 6.42. The number of anilines is 1. The number of nitriles is 3. The molecule has 0 radical (unpaired) electrons. The topological polar surface area (TPSA) is 149 Å². The lowest BCUT2D eigenvalue weighted by Crippen LogP contribution is -2.11. The molecule has 45 heavy (non-hydrogen) atoms. The molecule has 6 N–H and O–H groups in total. The fourth-order valence-corrected chi connectivity index (χ4v) is 4.26. The predicted octanol–water partition coefficient (Wildman–Crippen LogP) is 5.71. The quantitative estimate of drug-likeness (QED) is 0.144. The van der Waals surface area contributed by atoms with Crippen molar-refractivity contribution in [1.29, 1.82) is 15.8 Å². The molecule has 1 saturated carbocycles. The van der Waals surface area contributed by atoms with E-state index in [1.807, 2.05) is 0 Å². The zero-order valence-electron chi connectivity index (χ0n) is 21.1. The van der Waals surface area contributed by atoms with Gasteiger partial charge in [-0.2, -0.15) is 15.8 Å². The van der Waals surface area contributed by atoms with Crippen LogP contribution in [0.2, 0.25) is 0 Å². The molecule has 0 aromatic heterocycles. The summed E-state index contributed by atoms with van der Waals surface area (Å²) in [6, 6.07) is 2.66. The van der Waals surface area contributed by atoms with Crippen molar-refractivity contribution in [3.8, 4) is 18.2 Å². The summed E-state index contributed by atoms with van der Waals surface area (Å²) in [5.41, 5.74) is -3.24. The fraction of sp³-hybridized carbons (Fsp3) is 0. The average molecular weight is 642 g/mol. The molecule has 0 aliphatic heterocycles. The Bertz CT molecular complexity index is 1950. The molecule has 0 saturated heterocycles. The van der Waals surface area contributed by atoms with Crippen molar-refractivity contribution in [1.82, 2.24) is 0 Å². The summed E-state index contributed by atoms with van der Waals surface area (Å²) in [6.07, 6.45) is 0. The van der Waals surface area contributed by atoms with Crippen molar-refractivity contribution in [2.75, 3.05) is 5.73 Å².